The van der Waals surface area contributed by atoms with Crippen molar-refractivity contribution in [2.75, 3.05) is 0 Å². The summed E-state index contributed by atoms with van der Waals surface area (Å²) < 4.78 is 26.7. The Hall–Kier alpha value is -0.960. The molecule has 3 aliphatic carbocycles. The Morgan fingerprint density at radius 3 is 2.73 bits per heavy atom. The van der Waals surface area contributed by atoms with Crippen molar-refractivity contribution < 1.29 is 8.78 Å². The number of fused-ring (bicyclic) bond motifs is 1. The summed E-state index contributed by atoms with van der Waals surface area (Å²) in [5.74, 6) is -0.164. The van der Waals surface area contributed by atoms with Gasteiger partial charge in [0.1, 0.15) is 11.6 Å². The number of halogens is 2. The van der Waals surface area contributed by atoms with Crippen LogP contribution < -0.4 is 5.73 Å². The van der Waals surface area contributed by atoms with E-state index in [1.165, 1.54) is 12.1 Å². The maximum atomic E-state index is 13.6. The van der Waals surface area contributed by atoms with E-state index in [4.69, 9.17) is 5.73 Å². The van der Waals surface area contributed by atoms with Gasteiger partial charge in [-0.3, -0.25) is 0 Å². The molecule has 1 aromatic carbocycles. The van der Waals surface area contributed by atoms with E-state index in [0.29, 0.717) is 11.5 Å². The normalized spacial score (nSPS) is 37.8. The highest BCUT2D eigenvalue weighted by Gasteiger charge is 2.58. The monoisotopic (exact) mass is 209 g/mol. The molecule has 0 aromatic heterocycles. The standard InChI is InChI=1S/C12H13F2N/c13-8-1-2-10(14)9(5-8)12-4-3-7(6-12)11(12)15/h1-2,5,7,11H,3-4,6,15H2. The van der Waals surface area contributed by atoms with Crippen LogP contribution in [0, 0.1) is 17.6 Å². The Morgan fingerprint density at radius 1 is 1.33 bits per heavy atom. The third-order valence-electron chi connectivity index (χ3n) is 4.20. The van der Waals surface area contributed by atoms with E-state index < -0.39 is 0 Å². The molecule has 0 amide bonds. The van der Waals surface area contributed by atoms with Crippen molar-refractivity contribution in [3.8, 4) is 0 Å². The summed E-state index contributed by atoms with van der Waals surface area (Å²) in [6.45, 7) is 0. The molecule has 3 heteroatoms. The lowest BCUT2D eigenvalue weighted by atomic mass is 9.61. The molecule has 80 valence electrons. The van der Waals surface area contributed by atoms with Crippen LogP contribution in [-0.2, 0) is 5.41 Å². The Labute approximate surface area is 87.3 Å². The lowest BCUT2D eigenvalue weighted by Gasteiger charge is -2.46. The Morgan fingerprint density at radius 2 is 2.13 bits per heavy atom. The molecule has 0 aliphatic heterocycles. The van der Waals surface area contributed by atoms with Gasteiger partial charge in [0, 0.05) is 11.5 Å². The summed E-state index contributed by atoms with van der Waals surface area (Å²) in [6.07, 6.45) is 2.88. The SMILES string of the molecule is NC1C2CCC1(c1cc(F)ccc1F)C2. The minimum absolute atomic E-state index is 0.0220. The molecule has 0 spiro atoms. The third-order valence-corrected chi connectivity index (χ3v) is 4.20. The third kappa shape index (κ3) is 1.04. The van der Waals surface area contributed by atoms with Gasteiger partial charge in [-0.25, -0.2) is 8.78 Å². The van der Waals surface area contributed by atoms with E-state index >= 15 is 0 Å². The number of benzene rings is 1. The zero-order valence-electron chi connectivity index (χ0n) is 8.34. The Balaban J connectivity index is 2.09. The van der Waals surface area contributed by atoms with Gasteiger partial charge in [-0.05, 0) is 48.9 Å². The molecular formula is C12H13F2N. The van der Waals surface area contributed by atoms with Crippen molar-refractivity contribution >= 4 is 0 Å². The second kappa shape index (κ2) is 2.79. The first-order valence-corrected chi connectivity index (χ1v) is 5.34. The minimum Gasteiger partial charge on any atom is -0.327 e. The minimum atomic E-state index is -0.372. The lowest BCUT2D eigenvalue weighted by molar-refractivity contribution is 0.183. The van der Waals surface area contributed by atoms with Gasteiger partial charge in [-0.2, -0.15) is 0 Å². The summed E-state index contributed by atoms with van der Waals surface area (Å²) in [5, 5.41) is 0. The van der Waals surface area contributed by atoms with Crippen LogP contribution in [0.4, 0.5) is 8.78 Å². The van der Waals surface area contributed by atoms with E-state index in [0.717, 1.165) is 25.3 Å². The predicted octanol–water partition coefficient (Wildman–Crippen LogP) is 2.34. The number of nitrogens with two attached hydrogens (primary N) is 1. The highest BCUT2D eigenvalue weighted by Crippen LogP contribution is 2.59. The molecule has 0 heterocycles. The quantitative estimate of drug-likeness (QED) is 0.754. The highest BCUT2D eigenvalue weighted by atomic mass is 19.1. The van der Waals surface area contributed by atoms with Crippen molar-refractivity contribution in [1.29, 1.82) is 0 Å². The molecule has 2 bridgehead atoms. The van der Waals surface area contributed by atoms with E-state index in [1.54, 1.807) is 0 Å². The largest absolute Gasteiger partial charge is 0.327 e. The van der Waals surface area contributed by atoms with Gasteiger partial charge in [-0.1, -0.05) is 0 Å². The summed E-state index contributed by atoms with van der Waals surface area (Å²) in [4.78, 5) is 0. The van der Waals surface area contributed by atoms with Crippen molar-refractivity contribution in [3.63, 3.8) is 0 Å². The van der Waals surface area contributed by atoms with Crippen molar-refractivity contribution in [1.82, 2.24) is 0 Å². The van der Waals surface area contributed by atoms with E-state index in [1.807, 2.05) is 0 Å². The topological polar surface area (TPSA) is 26.0 Å². The number of hydrogen-bond donors (Lipinski definition) is 1. The first-order valence-electron chi connectivity index (χ1n) is 5.34. The fourth-order valence-corrected chi connectivity index (χ4v) is 3.32. The maximum Gasteiger partial charge on any atom is 0.127 e. The molecule has 2 N–H and O–H groups in total. The Kier molecular flexibility index (Phi) is 1.72. The molecule has 3 aliphatic rings. The number of rotatable bonds is 1. The average Bonchev–Trinajstić information content (AvgIpc) is 2.79. The van der Waals surface area contributed by atoms with Crippen LogP contribution in [0.5, 0.6) is 0 Å². The van der Waals surface area contributed by atoms with E-state index in [2.05, 4.69) is 0 Å². The van der Waals surface area contributed by atoms with Crippen LogP contribution in [0.3, 0.4) is 0 Å². The average molecular weight is 209 g/mol. The molecule has 3 atom stereocenters. The number of hydrogen-bond acceptors (Lipinski definition) is 1. The van der Waals surface area contributed by atoms with Crippen LogP contribution >= 0.6 is 0 Å². The molecule has 0 saturated heterocycles. The molecule has 3 fully saturated rings. The van der Waals surface area contributed by atoms with Gasteiger partial charge in [0.2, 0.25) is 0 Å². The van der Waals surface area contributed by atoms with Crippen LogP contribution in [0.2, 0.25) is 0 Å². The summed E-state index contributed by atoms with van der Waals surface area (Å²) >= 11 is 0. The maximum absolute atomic E-state index is 13.6. The molecule has 0 radical (unpaired) electrons. The van der Waals surface area contributed by atoms with Gasteiger partial charge in [0.15, 0.2) is 0 Å². The van der Waals surface area contributed by atoms with Crippen molar-refractivity contribution in [2.24, 2.45) is 11.7 Å². The van der Waals surface area contributed by atoms with E-state index in [9.17, 15) is 8.78 Å². The molecule has 15 heavy (non-hydrogen) atoms. The van der Waals surface area contributed by atoms with E-state index in [-0.39, 0.29) is 23.1 Å². The second-order valence-electron chi connectivity index (χ2n) is 4.81. The van der Waals surface area contributed by atoms with Crippen molar-refractivity contribution in [3.05, 3.63) is 35.4 Å². The molecule has 3 saturated carbocycles. The van der Waals surface area contributed by atoms with Gasteiger partial charge in [0.05, 0.1) is 0 Å². The van der Waals surface area contributed by atoms with Crippen LogP contribution in [-0.4, -0.2) is 6.04 Å². The summed E-state index contributed by atoms with van der Waals surface area (Å²) in [5.41, 5.74) is 6.25. The lowest BCUT2D eigenvalue weighted by Crippen LogP contribution is -2.54. The molecule has 3 unspecified atom stereocenters. The van der Waals surface area contributed by atoms with Crippen molar-refractivity contribution in [2.45, 2.75) is 30.7 Å². The predicted molar refractivity (Wildman–Crippen MR) is 53.4 cm³/mol. The van der Waals surface area contributed by atoms with Crippen LogP contribution in [0.25, 0.3) is 0 Å². The highest BCUT2D eigenvalue weighted by molar-refractivity contribution is 5.37. The van der Waals surface area contributed by atoms with Crippen LogP contribution in [0.15, 0.2) is 18.2 Å². The molecule has 1 nitrogen and oxygen atoms in total. The zero-order chi connectivity index (χ0) is 10.6. The summed E-state index contributed by atoms with van der Waals surface area (Å²) in [6, 6.07) is 3.70. The Bertz CT molecular complexity index is 414. The second-order valence-corrected chi connectivity index (χ2v) is 4.81. The smallest absolute Gasteiger partial charge is 0.127 e. The van der Waals surface area contributed by atoms with Gasteiger partial charge < -0.3 is 5.73 Å². The molecular weight excluding hydrogens is 196 g/mol. The molecule has 1 aromatic rings. The fraction of sp³-hybridized carbons (Fsp3) is 0.500. The molecule has 4 rings (SSSR count). The first-order chi connectivity index (χ1) is 7.13. The van der Waals surface area contributed by atoms with Gasteiger partial charge in [0.25, 0.3) is 0 Å². The van der Waals surface area contributed by atoms with Crippen LogP contribution in [0.1, 0.15) is 24.8 Å². The van der Waals surface area contributed by atoms with Gasteiger partial charge >= 0.3 is 0 Å². The first kappa shape index (κ1) is 9.28. The van der Waals surface area contributed by atoms with Gasteiger partial charge in [-0.15, -0.1) is 0 Å². The fourth-order valence-electron chi connectivity index (χ4n) is 3.32. The zero-order valence-corrected chi connectivity index (χ0v) is 8.34. The summed E-state index contributed by atoms with van der Waals surface area (Å²) in [7, 11) is 0.